The van der Waals surface area contributed by atoms with E-state index in [-0.39, 0.29) is 22.1 Å². The number of nitrogens with zero attached hydrogens (tertiary/aromatic N) is 5. The molecular weight excluding hydrogens is 710 g/mol. The summed E-state index contributed by atoms with van der Waals surface area (Å²) >= 11 is 13.8. The number of rotatable bonds is 11. The van der Waals surface area contributed by atoms with Gasteiger partial charge in [0.2, 0.25) is 17.8 Å². The minimum atomic E-state index is -4.10. The fraction of sp³-hybridized carbons (Fsp3) is 0.571. The summed E-state index contributed by atoms with van der Waals surface area (Å²) in [6.07, 6.45) is 1.29. The van der Waals surface area contributed by atoms with Crippen molar-refractivity contribution >= 4 is 60.4 Å². The summed E-state index contributed by atoms with van der Waals surface area (Å²) in [7, 11) is -4.10. The minimum absolute atomic E-state index is 0.0550. The Morgan fingerprint density at radius 1 is 1.08 bits per heavy atom. The Bertz CT molecular complexity index is 1600. The van der Waals surface area contributed by atoms with Gasteiger partial charge in [-0.15, -0.1) is 5.10 Å². The second-order valence-corrected chi connectivity index (χ2v) is 15.5. The lowest BCUT2D eigenvalue weighted by Gasteiger charge is -2.20. The number of anilines is 2. The van der Waals surface area contributed by atoms with Crippen molar-refractivity contribution in [3.05, 3.63) is 38.6 Å². The molecule has 0 aliphatic rings. The maximum Gasteiger partial charge on any atom is 0.442 e. The molecule has 0 radical (unpaired) electrons. The van der Waals surface area contributed by atoms with Crippen LogP contribution in [0.5, 0.6) is 5.75 Å². The lowest BCUT2D eigenvalue weighted by Crippen LogP contribution is -2.27. The molecule has 6 N–H and O–H groups in total. The second kappa shape index (κ2) is 18.7. The molecule has 0 atom stereocenters. The van der Waals surface area contributed by atoms with E-state index in [1.807, 2.05) is 47.8 Å². The predicted octanol–water partition coefficient (Wildman–Crippen LogP) is 5.25. The first kappa shape index (κ1) is 43.1. The lowest BCUT2D eigenvalue weighted by atomic mass is 9.97. The van der Waals surface area contributed by atoms with E-state index in [1.165, 1.54) is 17.8 Å². The van der Waals surface area contributed by atoms with Crippen LogP contribution in [0.15, 0.2) is 26.5 Å². The molecule has 0 aliphatic carbocycles. The molecule has 3 rings (SSSR count). The number of carbonyl (C=O) groups is 1. The van der Waals surface area contributed by atoms with Gasteiger partial charge in [0.05, 0.1) is 34.7 Å². The summed E-state index contributed by atoms with van der Waals surface area (Å²) in [5.41, 5.74) is -0.0767. The molecule has 0 aliphatic heterocycles. The standard InChI is InChI=1S/C15H18Cl2N2O3.C10H19N5S.C3H8NO5P/c1-8(2)21-12-7-11(9(16)6-10(12)17)19-14(20)22-13(18-19)15(3,4)5;1-6-11-7-12-8(15-10(2,3)4)14-9(13-7)16-5;5-3(6)1-4-2-10(7,8)9/h6-8H,1-5H3;6H2,1-5H3,(H2,11,12,13,14,15);4H,1-2H2,(H,5,6)(H2,7,8,9). The number of benzene rings is 1. The van der Waals surface area contributed by atoms with Gasteiger partial charge in [-0.2, -0.15) is 19.6 Å². The van der Waals surface area contributed by atoms with Gasteiger partial charge in [0.15, 0.2) is 5.16 Å². The highest BCUT2D eigenvalue weighted by Crippen LogP contribution is 2.34. The quantitative estimate of drug-likeness (QED) is 0.109. The number of hydrogen-bond acceptors (Lipinski definition) is 13. The Hall–Kier alpha value is -2.92. The van der Waals surface area contributed by atoms with Gasteiger partial charge >= 0.3 is 19.3 Å². The van der Waals surface area contributed by atoms with Gasteiger partial charge in [0.25, 0.3) is 0 Å². The van der Waals surface area contributed by atoms with Crippen molar-refractivity contribution in [3.63, 3.8) is 0 Å². The highest BCUT2D eigenvalue weighted by atomic mass is 35.5. The smallest absolute Gasteiger partial charge is 0.442 e. The molecule has 0 amide bonds. The minimum Gasteiger partial charge on any atom is -0.489 e. The van der Waals surface area contributed by atoms with Crippen LogP contribution >= 0.6 is 42.6 Å². The van der Waals surface area contributed by atoms with Crippen molar-refractivity contribution < 1.29 is 33.4 Å². The number of ether oxygens (including phenoxy) is 1. The van der Waals surface area contributed by atoms with Crippen molar-refractivity contribution in [2.45, 2.75) is 84.5 Å². The van der Waals surface area contributed by atoms with Gasteiger partial charge in [-0.3, -0.25) is 14.7 Å². The first-order chi connectivity index (χ1) is 21.9. The Labute approximate surface area is 293 Å². The van der Waals surface area contributed by atoms with Gasteiger partial charge in [0.1, 0.15) is 5.75 Å². The van der Waals surface area contributed by atoms with Crippen molar-refractivity contribution in [2.24, 2.45) is 0 Å². The van der Waals surface area contributed by atoms with E-state index in [9.17, 15) is 14.2 Å². The zero-order valence-corrected chi connectivity index (χ0v) is 31.8. The Kier molecular flexibility index (Phi) is 16.8. The molecule has 0 spiro atoms. The molecule has 0 saturated carbocycles. The largest absolute Gasteiger partial charge is 0.489 e. The van der Waals surface area contributed by atoms with Gasteiger partial charge in [0, 0.05) is 23.6 Å². The summed E-state index contributed by atoms with van der Waals surface area (Å²) < 4.78 is 22.0. The van der Waals surface area contributed by atoms with E-state index in [0.717, 1.165) is 16.4 Å². The molecular formula is C28H45Cl2N8O8PS. The molecule has 0 unspecified atom stereocenters. The van der Waals surface area contributed by atoms with E-state index in [2.05, 4.69) is 56.8 Å². The van der Waals surface area contributed by atoms with Crippen LogP contribution in [-0.4, -0.2) is 82.9 Å². The highest BCUT2D eigenvalue weighted by Gasteiger charge is 2.24. The maximum atomic E-state index is 12.1. The Morgan fingerprint density at radius 3 is 2.15 bits per heavy atom. The molecule has 2 aromatic heterocycles. The van der Waals surface area contributed by atoms with Crippen molar-refractivity contribution in [1.29, 1.82) is 0 Å². The summed E-state index contributed by atoms with van der Waals surface area (Å²) in [4.78, 5) is 51.1. The number of carboxylic acids is 1. The van der Waals surface area contributed by atoms with Crippen molar-refractivity contribution in [3.8, 4) is 11.4 Å². The summed E-state index contributed by atoms with van der Waals surface area (Å²) in [6.45, 7) is 18.1. The second-order valence-electron chi connectivity index (χ2n) is 12.3. The molecule has 3 aromatic rings. The average Bonchev–Trinajstić information content (AvgIpc) is 3.31. The van der Waals surface area contributed by atoms with Crippen LogP contribution < -0.4 is 26.4 Å². The number of carboxylic acid groups (broad SMARTS) is 1. The number of thioether (sulfide) groups is 1. The van der Waals surface area contributed by atoms with Crippen LogP contribution in [0.4, 0.5) is 11.9 Å². The van der Waals surface area contributed by atoms with Crippen LogP contribution in [0, 0.1) is 0 Å². The summed E-state index contributed by atoms with van der Waals surface area (Å²) in [5.74, 6) is 0.243. The molecule has 270 valence electrons. The topological polar surface area (TPSA) is 227 Å². The number of aliphatic carboxylic acids is 1. The SMILES string of the molecule is CC(C)Oc1cc(-n2nc(C(C)(C)C)oc2=O)c(Cl)cc1Cl.CCNc1nc(NC(C)(C)C)nc(SC)n1.O=C(O)CNCP(=O)(O)O. The molecule has 0 saturated heterocycles. The van der Waals surface area contributed by atoms with Gasteiger partial charge < -0.3 is 34.7 Å². The molecule has 0 fully saturated rings. The molecule has 1 aromatic carbocycles. The van der Waals surface area contributed by atoms with Gasteiger partial charge in [-0.05, 0) is 53.9 Å². The van der Waals surface area contributed by atoms with Crippen molar-refractivity contribution in [1.82, 2.24) is 30.0 Å². The third-order valence-corrected chi connectivity index (χ3v) is 6.78. The predicted molar refractivity (Wildman–Crippen MR) is 188 cm³/mol. The first-order valence-corrected chi connectivity index (χ1v) is 18.3. The van der Waals surface area contributed by atoms with E-state index in [4.69, 9.17) is 47.2 Å². The Morgan fingerprint density at radius 2 is 1.69 bits per heavy atom. The average molecular weight is 756 g/mol. The maximum absolute atomic E-state index is 12.1. The van der Waals surface area contributed by atoms with E-state index < -0.39 is 32.2 Å². The monoisotopic (exact) mass is 754 g/mol. The van der Waals surface area contributed by atoms with E-state index in [1.54, 1.807) is 6.07 Å². The number of hydrogen-bond donors (Lipinski definition) is 6. The molecule has 0 bridgehead atoms. The third kappa shape index (κ3) is 16.5. The number of nitrogens with one attached hydrogen (secondary N) is 3. The molecule has 16 nitrogen and oxygen atoms in total. The number of halogens is 2. The fourth-order valence-electron chi connectivity index (χ4n) is 3.14. The zero-order valence-electron chi connectivity index (χ0n) is 28.6. The number of aromatic nitrogens is 5. The first-order valence-electron chi connectivity index (χ1n) is 14.5. The Balaban J connectivity index is 0.000000389. The van der Waals surface area contributed by atoms with Gasteiger partial charge in [-0.25, -0.2) is 4.79 Å². The van der Waals surface area contributed by atoms with Gasteiger partial charge in [-0.1, -0.05) is 55.7 Å². The zero-order chi connectivity index (χ0) is 37.0. The molecule has 20 heteroatoms. The van der Waals surface area contributed by atoms with E-state index >= 15 is 0 Å². The van der Waals surface area contributed by atoms with E-state index in [0.29, 0.717) is 34.2 Å². The van der Waals surface area contributed by atoms with Crippen LogP contribution in [0.3, 0.4) is 0 Å². The normalized spacial score (nSPS) is 11.6. The summed E-state index contributed by atoms with van der Waals surface area (Å²) in [6, 6.07) is 3.11. The summed E-state index contributed by atoms with van der Waals surface area (Å²) in [5, 5.41) is 22.0. The van der Waals surface area contributed by atoms with Crippen LogP contribution in [-0.2, 0) is 14.8 Å². The molecule has 2 heterocycles. The molecule has 48 heavy (non-hydrogen) atoms. The van der Waals surface area contributed by atoms with Crippen molar-refractivity contribution in [2.75, 3.05) is 36.3 Å². The lowest BCUT2D eigenvalue weighted by molar-refractivity contribution is -0.135. The van der Waals surface area contributed by atoms with Crippen LogP contribution in [0.1, 0.15) is 68.2 Å². The fourth-order valence-corrected chi connectivity index (χ4v) is 4.41. The van der Waals surface area contributed by atoms with Crippen LogP contribution in [0.2, 0.25) is 10.0 Å². The third-order valence-electron chi connectivity index (χ3n) is 4.99. The highest BCUT2D eigenvalue weighted by molar-refractivity contribution is 7.98. The van der Waals surface area contributed by atoms with Crippen LogP contribution in [0.25, 0.3) is 5.69 Å².